The van der Waals surface area contributed by atoms with E-state index in [0.717, 1.165) is 25.0 Å². The molecule has 1 saturated heterocycles. The van der Waals surface area contributed by atoms with E-state index in [-0.39, 0.29) is 11.6 Å². The summed E-state index contributed by atoms with van der Waals surface area (Å²) in [6.45, 7) is 1.57. The summed E-state index contributed by atoms with van der Waals surface area (Å²) < 4.78 is 38.5. The predicted octanol–water partition coefficient (Wildman–Crippen LogP) is 3.84. The lowest BCUT2D eigenvalue weighted by molar-refractivity contribution is -0.384. The minimum atomic E-state index is -4.63. The van der Waals surface area contributed by atoms with Crippen molar-refractivity contribution >= 4 is 17.3 Å². The topological polar surface area (TPSA) is 66.7 Å². The van der Waals surface area contributed by atoms with Gasteiger partial charge in [-0.25, -0.2) is 0 Å². The molecule has 2 aliphatic rings. The first-order valence-corrected chi connectivity index (χ1v) is 9.14. The van der Waals surface area contributed by atoms with Gasteiger partial charge in [0.1, 0.15) is 5.69 Å². The Morgan fingerprint density at radius 2 is 1.78 bits per heavy atom. The number of benzene rings is 1. The van der Waals surface area contributed by atoms with E-state index in [1.807, 2.05) is 0 Å². The highest BCUT2D eigenvalue weighted by atomic mass is 19.4. The van der Waals surface area contributed by atoms with Crippen molar-refractivity contribution in [1.82, 2.24) is 4.90 Å². The Morgan fingerprint density at radius 3 is 2.33 bits per heavy atom. The van der Waals surface area contributed by atoms with E-state index in [0.29, 0.717) is 44.6 Å². The number of anilines is 1. The van der Waals surface area contributed by atoms with E-state index in [9.17, 15) is 28.1 Å². The monoisotopic (exact) mass is 385 g/mol. The summed E-state index contributed by atoms with van der Waals surface area (Å²) in [4.78, 5) is 26.3. The van der Waals surface area contributed by atoms with Crippen LogP contribution in [0.1, 0.15) is 37.7 Å². The molecule has 9 heteroatoms. The Hall–Kier alpha value is -2.32. The molecule has 0 spiro atoms. The van der Waals surface area contributed by atoms with E-state index in [1.165, 1.54) is 12.8 Å². The molecule has 0 atom stereocenters. The Morgan fingerprint density at radius 1 is 1.15 bits per heavy atom. The van der Waals surface area contributed by atoms with Crippen LogP contribution in [0.25, 0.3) is 0 Å². The van der Waals surface area contributed by atoms with Crippen LogP contribution in [0.2, 0.25) is 0 Å². The number of hydrogen-bond donors (Lipinski definition) is 0. The average molecular weight is 385 g/mol. The number of piperazine rings is 1. The molecular weight excluding hydrogens is 363 g/mol. The maximum Gasteiger partial charge on any atom is 0.416 e. The van der Waals surface area contributed by atoms with Crippen molar-refractivity contribution in [2.45, 2.75) is 38.3 Å². The number of amides is 1. The van der Waals surface area contributed by atoms with E-state index in [4.69, 9.17) is 0 Å². The minimum Gasteiger partial charge on any atom is -0.362 e. The Bertz CT molecular complexity index is 710. The van der Waals surface area contributed by atoms with Gasteiger partial charge in [-0.2, -0.15) is 13.2 Å². The first kappa shape index (κ1) is 19.4. The number of halogens is 3. The summed E-state index contributed by atoms with van der Waals surface area (Å²) in [5.74, 6) is 0.551. The highest BCUT2D eigenvalue weighted by Gasteiger charge is 2.34. The molecule has 1 aliphatic heterocycles. The average Bonchev–Trinajstić information content (AvgIpc) is 3.13. The molecule has 0 bridgehead atoms. The molecule has 6 nitrogen and oxygen atoms in total. The molecule has 27 heavy (non-hydrogen) atoms. The highest BCUT2D eigenvalue weighted by molar-refractivity contribution is 5.77. The number of nitrogens with zero attached hydrogens (tertiary/aromatic N) is 3. The van der Waals surface area contributed by atoms with E-state index in [1.54, 1.807) is 9.80 Å². The molecule has 1 aromatic rings. The minimum absolute atomic E-state index is 0.100. The van der Waals surface area contributed by atoms with Crippen LogP contribution in [0.5, 0.6) is 0 Å². The smallest absolute Gasteiger partial charge is 0.362 e. The number of nitro groups is 1. The molecule has 2 fully saturated rings. The second kappa shape index (κ2) is 7.74. The second-order valence-corrected chi connectivity index (χ2v) is 7.18. The molecule has 0 aromatic heterocycles. The van der Waals surface area contributed by atoms with Crippen LogP contribution in [-0.4, -0.2) is 41.9 Å². The molecule has 1 aliphatic carbocycles. The van der Waals surface area contributed by atoms with Crippen LogP contribution >= 0.6 is 0 Å². The van der Waals surface area contributed by atoms with Gasteiger partial charge >= 0.3 is 6.18 Å². The molecule has 3 rings (SSSR count). The van der Waals surface area contributed by atoms with Gasteiger partial charge in [-0.15, -0.1) is 0 Å². The van der Waals surface area contributed by atoms with Crippen LogP contribution in [0.15, 0.2) is 18.2 Å². The molecule has 1 amide bonds. The Kier molecular flexibility index (Phi) is 5.57. The SMILES string of the molecule is O=C(CC1CCCC1)N1CCN(c2ccc(C(F)(F)F)cc2[N+](=O)[O-])CC1. The van der Waals surface area contributed by atoms with Crippen molar-refractivity contribution in [3.8, 4) is 0 Å². The van der Waals surface area contributed by atoms with Crippen molar-refractivity contribution in [3.05, 3.63) is 33.9 Å². The van der Waals surface area contributed by atoms with Crippen molar-refractivity contribution < 1.29 is 22.9 Å². The summed E-state index contributed by atoms with van der Waals surface area (Å²) >= 11 is 0. The molecule has 1 saturated carbocycles. The predicted molar refractivity (Wildman–Crippen MR) is 93.5 cm³/mol. The normalized spacial score (nSPS) is 18.8. The molecule has 0 radical (unpaired) electrons. The van der Waals surface area contributed by atoms with E-state index >= 15 is 0 Å². The lowest BCUT2D eigenvalue weighted by Gasteiger charge is -2.36. The van der Waals surface area contributed by atoms with Crippen LogP contribution in [0, 0.1) is 16.0 Å². The third-order valence-corrected chi connectivity index (χ3v) is 5.41. The van der Waals surface area contributed by atoms with Gasteiger partial charge in [-0.05, 0) is 30.9 Å². The largest absolute Gasteiger partial charge is 0.416 e. The van der Waals surface area contributed by atoms with E-state index < -0.39 is 22.4 Å². The fourth-order valence-electron chi connectivity index (χ4n) is 3.90. The van der Waals surface area contributed by atoms with Crippen LogP contribution in [0.4, 0.5) is 24.5 Å². The third kappa shape index (κ3) is 4.51. The van der Waals surface area contributed by atoms with Crippen LogP contribution in [0.3, 0.4) is 0 Å². The number of nitro benzene ring substituents is 1. The summed E-state index contributed by atoms with van der Waals surface area (Å²) in [5, 5.41) is 11.3. The molecule has 148 valence electrons. The Labute approximate surface area is 155 Å². The quantitative estimate of drug-likeness (QED) is 0.583. The van der Waals surface area contributed by atoms with Gasteiger partial charge in [0.15, 0.2) is 0 Å². The molecule has 0 unspecified atom stereocenters. The van der Waals surface area contributed by atoms with Crippen molar-refractivity contribution in [2.24, 2.45) is 5.92 Å². The fraction of sp³-hybridized carbons (Fsp3) is 0.611. The fourth-order valence-corrected chi connectivity index (χ4v) is 3.90. The number of alkyl halides is 3. The lowest BCUT2D eigenvalue weighted by Crippen LogP contribution is -2.49. The van der Waals surface area contributed by atoms with Crippen LogP contribution < -0.4 is 4.90 Å². The molecule has 0 N–H and O–H groups in total. The maximum absolute atomic E-state index is 12.8. The zero-order valence-corrected chi connectivity index (χ0v) is 14.9. The lowest BCUT2D eigenvalue weighted by atomic mass is 10.0. The summed E-state index contributed by atoms with van der Waals surface area (Å²) in [6.07, 6.45) is 0.425. The molecule has 1 heterocycles. The highest BCUT2D eigenvalue weighted by Crippen LogP contribution is 2.37. The van der Waals surface area contributed by atoms with Crippen LogP contribution in [-0.2, 0) is 11.0 Å². The number of hydrogen-bond acceptors (Lipinski definition) is 4. The third-order valence-electron chi connectivity index (χ3n) is 5.41. The number of rotatable bonds is 4. The molecular formula is C18H22F3N3O3. The van der Waals surface area contributed by atoms with Crippen molar-refractivity contribution in [3.63, 3.8) is 0 Å². The zero-order chi connectivity index (χ0) is 19.6. The number of carbonyl (C=O) groups is 1. The van der Waals surface area contributed by atoms with Gasteiger partial charge in [0.2, 0.25) is 5.91 Å². The van der Waals surface area contributed by atoms with Gasteiger partial charge in [-0.1, -0.05) is 12.8 Å². The van der Waals surface area contributed by atoms with Crippen molar-refractivity contribution in [2.75, 3.05) is 31.1 Å². The van der Waals surface area contributed by atoms with E-state index in [2.05, 4.69) is 0 Å². The maximum atomic E-state index is 12.8. The standard InChI is InChI=1S/C18H22F3N3O3/c19-18(20,21)14-5-6-15(16(12-14)24(26)27)22-7-9-23(10-8-22)17(25)11-13-3-1-2-4-13/h5-6,12-13H,1-4,7-11H2. The van der Waals surface area contributed by atoms with Crippen molar-refractivity contribution in [1.29, 1.82) is 0 Å². The second-order valence-electron chi connectivity index (χ2n) is 7.18. The summed E-state index contributed by atoms with van der Waals surface area (Å²) in [7, 11) is 0. The molecule has 1 aromatic carbocycles. The van der Waals surface area contributed by atoms with Gasteiger partial charge in [-0.3, -0.25) is 14.9 Å². The van der Waals surface area contributed by atoms with Gasteiger partial charge in [0, 0.05) is 38.7 Å². The van der Waals surface area contributed by atoms with Gasteiger partial charge < -0.3 is 9.80 Å². The first-order chi connectivity index (χ1) is 12.8. The summed E-state index contributed by atoms with van der Waals surface area (Å²) in [5.41, 5.74) is -1.44. The zero-order valence-electron chi connectivity index (χ0n) is 14.9. The van der Waals surface area contributed by atoms with Gasteiger partial charge in [0.25, 0.3) is 5.69 Å². The summed E-state index contributed by atoms with van der Waals surface area (Å²) in [6, 6.07) is 2.59. The first-order valence-electron chi connectivity index (χ1n) is 9.14. The Balaban J connectivity index is 1.66. The number of carbonyl (C=O) groups excluding carboxylic acids is 1. The van der Waals surface area contributed by atoms with Gasteiger partial charge in [0.05, 0.1) is 10.5 Å².